The summed E-state index contributed by atoms with van der Waals surface area (Å²) in [5.74, 6) is -0.0899. The van der Waals surface area contributed by atoms with Crippen molar-refractivity contribution < 1.29 is 8.42 Å². The Labute approximate surface area is 87.9 Å². The van der Waals surface area contributed by atoms with Gasteiger partial charge in [0.15, 0.2) is 0 Å². The van der Waals surface area contributed by atoms with Crippen LogP contribution in [0, 0.1) is 0 Å². The van der Waals surface area contributed by atoms with Crippen LogP contribution in [0.5, 0.6) is 0 Å². The summed E-state index contributed by atoms with van der Waals surface area (Å²) in [7, 11) is -3.36. The fourth-order valence-corrected chi connectivity index (χ4v) is 2.49. The Morgan fingerprint density at radius 1 is 1.40 bits per heavy atom. The molecule has 0 aliphatic carbocycles. The Hall–Kier alpha value is -1.62. The molecule has 0 spiro atoms. The van der Waals surface area contributed by atoms with E-state index in [1.54, 1.807) is 18.2 Å². The Bertz CT molecular complexity index is 599. The molecule has 0 unspecified atom stereocenters. The van der Waals surface area contributed by atoms with Crippen LogP contribution >= 0.6 is 0 Å². The first-order chi connectivity index (χ1) is 7.15. The maximum atomic E-state index is 11.8. The molecule has 4 nitrogen and oxygen atoms in total. The highest BCUT2D eigenvalue weighted by atomic mass is 32.2. The number of imidazole rings is 1. The van der Waals surface area contributed by atoms with Crippen molar-refractivity contribution in [2.24, 2.45) is 0 Å². The zero-order valence-electron chi connectivity index (χ0n) is 8.00. The number of benzene rings is 1. The van der Waals surface area contributed by atoms with Crippen molar-refractivity contribution in [1.29, 1.82) is 0 Å². The second-order valence-corrected chi connectivity index (χ2v) is 4.99. The first-order valence-electron chi connectivity index (χ1n) is 4.41. The predicted molar refractivity (Wildman–Crippen MR) is 59.1 cm³/mol. The second-order valence-electron chi connectivity index (χ2n) is 3.10. The number of hydrogen-bond donors (Lipinski definition) is 0. The normalized spacial score (nSPS) is 11.7. The van der Waals surface area contributed by atoms with Crippen LogP contribution in [0.4, 0.5) is 0 Å². The smallest absolute Gasteiger partial charge is 0.236 e. The third-order valence-electron chi connectivity index (χ3n) is 2.05. The van der Waals surface area contributed by atoms with Crippen LogP contribution in [-0.2, 0) is 10.0 Å². The number of hydrogen-bond acceptors (Lipinski definition) is 3. The average molecular weight is 222 g/mol. The molecule has 0 fully saturated rings. The van der Waals surface area contributed by atoms with Gasteiger partial charge in [0.25, 0.3) is 0 Å². The summed E-state index contributed by atoms with van der Waals surface area (Å²) in [4.78, 5) is 4.02. The summed E-state index contributed by atoms with van der Waals surface area (Å²) < 4.78 is 24.7. The van der Waals surface area contributed by atoms with Gasteiger partial charge in [-0.2, -0.15) is 0 Å². The molecule has 78 valence electrons. The molecule has 0 bridgehead atoms. The molecule has 1 heterocycles. The van der Waals surface area contributed by atoms with Crippen LogP contribution < -0.4 is 0 Å². The standard InChI is InChI=1S/C10H10N2O2S/c1-2-7-15(13,14)12-8-11-9-5-3-4-6-10(9)12/h2-6,8H,1,7H2. The SMILES string of the molecule is C=CCS(=O)(=O)n1cnc2ccccc21. The number of nitrogens with zero attached hydrogens (tertiary/aromatic N) is 2. The summed E-state index contributed by atoms with van der Waals surface area (Å²) in [5.41, 5.74) is 1.27. The highest BCUT2D eigenvalue weighted by Gasteiger charge is 2.13. The monoisotopic (exact) mass is 222 g/mol. The van der Waals surface area contributed by atoms with Crippen molar-refractivity contribution in [3.8, 4) is 0 Å². The van der Waals surface area contributed by atoms with Crippen molar-refractivity contribution in [2.75, 3.05) is 5.75 Å². The molecule has 2 rings (SSSR count). The topological polar surface area (TPSA) is 52.0 Å². The Balaban J connectivity index is 2.67. The van der Waals surface area contributed by atoms with E-state index in [4.69, 9.17) is 0 Å². The molecular weight excluding hydrogens is 212 g/mol. The zero-order valence-corrected chi connectivity index (χ0v) is 8.81. The van der Waals surface area contributed by atoms with Gasteiger partial charge in [0.1, 0.15) is 6.33 Å². The zero-order chi connectivity index (χ0) is 10.9. The van der Waals surface area contributed by atoms with Crippen LogP contribution in [-0.4, -0.2) is 23.1 Å². The minimum Gasteiger partial charge on any atom is -0.236 e. The second kappa shape index (κ2) is 3.51. The van der Waals surface area contributed by atoms with E-state index in [-0.39, 0.29) is 5.75 Å². The lowest BCUT2D eigenvalue weighted by atomic mass is 10.3. The Morgan fingerprint density at radius 2 is 2.13 bits per heavy atom. The van der Waals surface area contributed by atoms with Gasteiger partial charge >= 0.3 is 0 Å². The van der Waals surface area contributed by atoms with Gasteiger partial charge in [-0.3, -0.25) is 0 Å². The molecule has 1 aromatic heterocycles. The highest BCUT2D eigenvalue weighted by molar-refractivity contribution is 7.90. The first-order valence-corrected chi connectivity index (χ1v) is 6.02. The Morgan fingerprint density at radius 3 is 2.87 bits per heavy atom. The van der Waals surface area contributed by atoms with Gasteiger partial charge < -0.3 is 0 Å². The van der Waals surface area contributed by atoms with Crippen molar-refractivity contribution in [2.45, 2.75) is 0 Å². The molecule has 0 N–H and O–H groups in total. The molecule has 0 atom stereocenters. The molecule has 0 saturated carbocycles. The van der Waals surface area contributed by atoms with Crippen molar-refractivity contribution in [1.82, 2.24) is 8.96 Å². The van der Waals surface area contributed by atoms with Gasteiger partial charge in [-0.05, 0) is 12.1 Å². The largest absolute Gasteiger partial charge is 0.243 e. The van der Waals surface area contributed by atoms with Crippen LogP contribution in [0.1, 0.15) is 0 Å². The number of rotatable bonds is 3. The first kappa shape index (κ1) is 9.92. The van der Waals surface area contributed by atoms with E-state index in [1.165, 1.54) is 16.4 Å². The molecule has 2 aromatic rings. The number of fused-ring (bicyclic) bond motifs is 1. The molecule has 0 amide bonds. The predicted octanol–water partition coefficient (Wildman–Crippen LogP) is 1.40. The Kier molecular flexibility index (Phi) is 2.32. The fraction of sp³-hybridized carbons (Fsp3) is 0.100. The van der Waals surface area contributed by atoms with Gasteiger partial charge in [-0.1, -0.05) is 18.2 Å². The van der Waals surface area contributed by atoms with E-state index in [9.17, 15) is 8.42 Å². The van der Waals surface area contributed by atoms with Crippen molar-refractivity contribution in [3.05, 3.63) is 43.2 Å². The summed E-state index contributed by atoms with van der Waals surface area (Å²) in [6, 6.07) is 7.10. The third kappa shape index (κ3) is 1.66. The lowest BCUT2D eigenvalue weighted by molar-refractivity contribution is 0.592. The summed E-state index contributed by atoms with van der Waals surface area (Å²) in [5, 5.41) is 0. The van der Waals surface area contributed by atoms with Gasteiger partial charge in [-0.25, -0.2) is 17.4 Å². The minimum atomic E-state index is -3.36. The highest BCUT2D eigenvalue weighted by Crippen LogP contribution is 2.14. The maximum Gasteiger partial charge on any atom is 0.243 e. The molecular formula is C10H10N2O2S. The molecule has 0 aliphatic rings. The number of para-hydroxylation sites is 2. The number of aromatic nitrogens is 2. The minimum absolute atomic E-state index is 0.0899. The summed E-state index contributed by atoms with van der Waals surface area (Å²) >= 11 is 0. The van der Waals surface area contributed by atoms with Gasteiger partial charge in [0, 0.05) is 0 Å². The van der Waals surface area contributed by atoms with E-state index < -0.39 is 10.0 Å². The quantitative estimate of drug-likeness (QED) is 0.738. The lowest BCUT2D eigenvalue weighted by Gasteiger charge is -2.02. The van der Waals surface area contributed by atoms with E-state index >= 15 is 0 Å². The third-order valence-corrected chi connectivity index (χ3v) is 3.60. The molecule has 0 aliphatic heterocycles. The van der Waals surface area contributed by atoms with Gasteiger partial charge in [-0.15, -0.1) is 6.58 Å². The van der Waals surface area contributed by atoms with Crippen molar-refractivity contribution >= 4 is 21.1 Å². The van der Waals surface area contributed by atoms with Crippen LogP contribution in [0.2, 0.25) is 0 Å². The average Bonchev–Trinajstić information content (AvgIpc) is 2.61. The van der Waals surface area contributed by atoms with Gasteiger partial charge in [0.2, 0.25) is 10.0 Å². The van der Waals surface area contributed by atoms with E-state index in [2.05, 4.69) is 11.6 Å². The van der Waals surface area contributed by atoms with Crippen molar-refractivity contribution in [3.63, 3.8) is 0 Å². The maximum absolute atomic E-state index is 11.8. The lowest BCUT2D eigenvalue weighted by Crippen LogP contribution is -2.13. The van der Waals surface area contributed by atoms with Gasteiger partial charge in [0.05, 0.1) is 16.8 Å². The van der Waals surface area contributed by atoms with Crippen LogP contribution in [0.3, 0.4) is 0 Å². The van der Waals surface area contributed by atoms with Crippen LogP contribution in [0.15, 0.2) is 43.2 Å². The fourth-order valence-electron chi connectivity index (χ4n) is 1.39. The van der Waals surface area contributed by atoms with Crippen LogP contribution in [0.25, 0.3) is 11.0 Å². The molecule has 0 radical (unpaired) electrons. The van der Waals surface area contributed by atoms with E-state index in [0.29, 0.717) is 11.0 Å². The summed E-state index contributed by atoms with van der Waals surface area (Å²) in [6.07, 6.45) is 2.69. The summed E-state index contributed by atoms with van der Waals surface area (Å²) in [6.45, 7) is 3.42. The molecule has 5 heteroatoms. The van der Waals surface area contributed by atoms with E-state index in [0.717, 1.165) is 0 Å². The molecule has 0 saturated heterocycles. The molecule has 15 heavy (non-hydrogen) atoms. The van der Waals surface area contributed by atoms with E-state index in [1.807, 2.05) is 6.07 Å². The molecule has 1 aromatic carbocycles.